The largest absolute Gasteiger partial charge is 0.391 e. The average Bonchev–Trinajstić information content (AvgIpc) is 2.74. The van der Waals surface area contributed by atoms with Crippen LogP contribution in [0.3, 0.4) is 0 Å². The molecule has 0 aromatic heterocycles. The molecule has 0 aromatic rings. The van der Waals surface area contributed by atoms with E-state index in [4.69, 9.17) is 5.73 Å². The number of likely N-dealkylation sites (tertiary alicyclic amines) is 1. The first kappa shape index (κ1) is 16.1. The van der Waals surface area contributed by atoms with Gasteiger partial charge in [0.2, 0.25) is 5.91 Å². The molecule has 1 saturated heterocycles. The van der Waals surface area contributed by atoms with Gasteiger partial charge in [-0.1, -0.05) is 28.5 Å². The molecule has 0 unspecified atom stereocenters. The summed E-state index contributed by atoms with van der Waals surface area (Å²) >= 11 is 0. The van der Waals surface area contributed by atoms with Crippen molar-refractivity contribution < 1.29 is 9.90 Å². The lowest BCUT2D eigenvalue weighted by Gasteiger charge is -2.23. The molecule has 0 spiro atoms. The van der Waals surface area contributed by atoms with Crippen molar-refractivity contribution in [1.82, 2.24) is 4.90 Å². The Balaban J connectivity index is 2.16. The van der Waals surface area contributed by atoms with Crippen LogP contribution in [0.2, 0.25) is 0 Å². The van der Waals surface area contributed by atoms with Gasteiger partial charge in [0, 0.05) is 37.1 Å². The van der Waals surface area contributed by atoms with Crippen LogP contribution in [0.5, 0.6) is 0 Å². The van der Waals surface area contributed by atoms with Gasteiger partial charge in [0.25, 0.3) is 0 Å². The zero-order valence-corrected chi connectivity index (χ0v) is 12.6. The molecule has 18 heavy (non-hydrogen) atoms. The number of aliphatic hydroxyl groups excluding tert-OH is 1. The summed E-state index contributed by atoms with van der Waals surface area (Å²) in [4.78, 5) is 13.9. The minimum absolute atomic E-state index is 0.197. The predicted molar refractivity (Wildman–Crippen MR) is 79.6 cm³/mol. The first-order valence-electron chi connectivity index (χ1n) is 6.61. The number of nitrogens with zero attached hydrogens (tertiary/aromatic N) is 1. The van der Waals surface area contributed by atoms with Crippen molar-refractivity contribution in [2.75, 3.05) is 24.6 Å². The topological polar surface area (TPSA) is 66.6 Å². The Hall–Kier alpha value is 0.0900. The molecule has 1 amide bonds. The molecule has 3 N–H and O–H groups in total. The summed E-state index contributed by atoms with van der Waals surface area (Å²) in [7, 11) is 3.56. The molecule has 4 nitrogen and oxygen atoms in total. The molecule has 1 heterocycles. The molecule has 6 heteroatoms. The maximum atomic E-state index is 12.0. The molecule has 0 radical (unpaired) electrons. The Morgan fingerprint density at radius 2 is 2.17 bits per heavy atom. The summed E-state index contributed by atoms with van der Waals surface area (Å²) in [5.74, 6) is 2.15. The molecular formula is C12H24N2O2S2. The normalized spacial score (nSPS) is 23.6. The fourth-order valence-corrected chi connectivity index (χ4v) is 4.12. The number of amides is 1. The van der Waals surface area contributed by atoms with E-state index < -0.39 is 0 Å². The van der Waals surface area contributed by atoms with E-state index in [0.717, 1.165) is 30.8 Å². The van der Waals surface area contributed by atoms with E-state index in [1.54, 1.807) is 21.6 Å². The zero-order valence-electron chi connectivity index (χ0n) is 11.0. The van der Waals surface area contributed by atoms with Crippen LogP contribution < -0.4 is 5.73 Å². The number of aliphatic hydroxyl groups is 1. The van der Waals surface area contributed by atoms with Gasteiger partial charge >= 0.3 is 0 Å². The summed E-state index contributed by atoms with van der Waals surface area (Å²) in [5.41, 5.74) is 5.40. The zero-order chi connectivity index (χ0) is 13.4. The summed E-state index contributed by atoms with van der Waals surface area (Å²) in [6.07, 6.45) is 2.85. The van der Waals surface area contributed by atoms with Crippen molar-refractivity contribution in [3.63, 3.8) is 0 Å². The average molecular weight is 292 g/mol. The van der Waals surface area contributed by atoms with Crippen molar-refractivity contribution in [3.8, 4) is 0 Å². The highest BCUT2D eigenvalue weighted by molar-refractivity contribution is 8.76. The molecule has 0 bridgehead atoms. The predicted octanol–water partition coefficient (Wildman–Crippen LogP) is 1.48. The van der Waals surface area contributed by atoms with Crippen molar-refractivity contribution in [1.29, 1.82) is 0 Å². The van der Waals surface area contributed by atoms with E-state index in [1.807, 2.05) is 4.90 Å². The lowest BCUT2D eigenvalue weighted by molar-refractivity contribution is -0.132. The van der Waals surface area contributed by atoms with Gasteiger partial charge in [-0.25, -0.2) is 0 Å². The van der Waals surface area contributed by atoms with Gasteiger partial charge < -0.3 is 15.7 Å². The van der Waals surface area contributed by atoms with E-state index in [2.05, 4.69) is 6.92 Å². The second-order valence-electron chi connectivity index (χ2n) is 4.53. The van der Waals surface area contributed by atoms with Crippen LogP contribution in [-0.4, -0.2) is 52.7 Å². The van der Waals surface area contributed by atoms with Crippen LogP contribution in [0.4, 0.5) is 0 Å². The minimum Gasteiger partial charge on any atom is -0.391 e. The minimum atomic E-state index is -0.326. The number of nitrogens with two attached hydrogens (primary N) is 1. The summed E-state index contributed by atoms with van der Waals surface area (Å²) in [6, 6.07) is 0.242. The Bertz CT molecular complexity index is 254. The van der Waals surface area contributed by atoms with Crippen molar-refractivity contribution in [3.05, 3.63) is 0 Å². The van der Waals surface area contributed by atoms with Gasteiger partial charge in [-0.05, 0) is 19.3 Å². The lowest BCUT2D eigenvalue weighted by atomic mass is 10.1. The van der Waals surface area contributed by atoms with E-state index >= 15 is 0 Å². The van der Waals surface area contributed by atoms with Gasteiger partial charge in [0.1, 0.15) is 0 Å². The van der Waals surface area contributed by atoms with E-state index in [0.29, 0.717) is 19.5 Å². The van der Waals surface area contributed by atoms with Crippen LogP contribution in [-0.2, 0) is 4.79 Å². The second-order valence-corrected chi connectivity index (χ2v) is 7.24. The third-order valence-electron chi connectivity index (χ3n) is 3.09. The van der Waals surface area contributed by atoms with Crippen LogP contribution >= 0.6 is 21.6 Å². The van der Waals surface area contributed by atoms with Crippen molar-refractivity contribution in [2.24, 2.45) is 5.73 Å². The fourth-order valence-electron chi connectivity index (χ4n) is 2.18. The maximum Gasteiger partial charge on any atom is 0.222 e. The second kappa shape index (κ2) is 9.07. The van der Waals surface area contributed by atoms with Crippen molar-refractivity contribution in [2.45, 2.75) is 44.8 Å². The molecule has 2 atom stereocenters. The van der Waals surface area contributed by atoms with Gasteiger partial charge in [-0.3, -0.25) is 4.79 Å². The summed E-state index contributed by atoms with van der Waals surface area (Å²) < 4.78 is 0. The number of carbonyl (C=O) groups excluding carboxylic acids is 1. The van der Waals surface area contributed by atoms with Crippen molar-refractivity contribution >= 4 is 27.5 Å². The molecule has 106 valence electrons. The molecule has 0 aliphatic carbocycles. The Kier molecular flexibility index (Phi) is 8.13. The van der Waals surface area contributed by atoms with E-state index in [-0.39, 0.29) is 18.1 Å². The molecule has 1 aliphatic heterocycles. The highest BCUT2D eigenvalue weighted by atomic mass is 33.1. The van der Waals surface area contributed by atoms with Gasteiger partial charge in [0.05, 0.1) is 6.10 Å². The monoisotopic (exact) mass is 292 g/mol. The molecule has 0 saturated carbocycles. The summed E-state index contributed by atoms with van der Waals surface area (Å²) in [5, 5.41) is 9.61. The van der Waals surface area contributed by atoms with Crippen LogP contribution in [0.25, 0.3) is 0 Å². The number of hydrogen-bond donors (Lipinski definition) is 2. The van der Waals surface area contributed by atoms with Gasteiger partial charge in [-0.15, -0.1) is 0 Å². The Morgan fingerprint density at radius 1 is 1.44 bits per heavy atom. The standard InChI is InChI=1S/C12H24N2O2S2/c1-2-10-8-11(15)9-14(10)12(16)4-3-6-17-18-7-5-13/h10-11,15H,2-9,13H2,1H3/t10-,11-/m1/s1. The van der Waals surface area contributed by atoms with Crippen LogP contribution in [0, 0.1) is 0 Å². The first-order chi connectivity index (χ1) is 8.69. The lowest BCUT2D eigenvalue weighted by Crippen LogP contribution is -2.35. The summed E-state index contributed by atoms with van der Waals surface area (Å²) in [6.45, 7) is 3.30. The number of rotatable bonds is 8. The number of hydrogen-bond acceptors (Lipinski definition) is 5. The van der Waals surface area contributed by atoms with Gasteiger partial charge in [-0.2, -0.15) is 0 Å². The van der Waals surface area contributed by atoms with Gasteiger partial charge in [0.15, 0.2) is 0 Å². The van der Waals surface area contributed by atoms with E-state index in [9.17, 15) is 9.90 Å². The fraction of sp³-hybridized carbons (Fsp3) is 0.917. The van der Waals surface area contributed by atoms with E-state index in [1.165, 1.54) is 0 Å². The number of carbonyl (C=O) groups is 1. The third kappa shape index (κ3) is 5.38. The Labute approximate surface area is 117 Å². The molecular weight excluding hydrogens is 268 g/mol. The van der Waals surface area contributed by atoms with Crippen LogP contribution in [0.1, 0.15) is 32.6 Å². The molecule has 1 aliphatic rings. The van der Waals surface area contributed by atoms with Crippen LogP contribution in [0.15, 0.2) is 0 Å². The first-order valence-corrected chi connectivity index (χ1v) is 9.09. The highest BCUT2D eigenvalue weighted by Crippen LogP contribution is 2.24. The molecule has 1 fully saturated rings. The molecule has 0 aromatic carbocycles. The maximum absolute atomic E-state index is 12.0. The quantitative estimate of drug-likeness (QED) is 0.524. The smallest absolute Gasteiger partial charge is 0.222 e. The SMILES string of the molecule is CC[C@@H]1C[C@@H](O)CN1C(=O)CCCSSCCN. The highest BCUT2D eigenvalue weighted by Gasteiger charge is 2.32. The Morgan fingerprint density at radius 3 is 2.83 bits per heavy atom. The molecule has 1 rings (SSSR count). The number of β-amino-alcohol motifs (C(OH)–C–C–N with tert-alkyl or cyclic N) is 1. The third-order valence-corrected chi connectivity index (χ3v) is 5.61.